The number of nitrogens with two attached hydrogens (primary N) is 2. The quantitative estimate of drug-likeness (QED) is 0.178. The van der Waals surface area contributed by atoms with Gasteiger partial charge in [-0.25, -0.2) is 0 Å². The number of rotatable bonds is 11. The van der Waals surface area contributed by atoms with Gasteiger partial charge in [0, 0.05) is 31.7 Å². The van der Waals surface area contributed by atoms with E-state index in [1.165, 1.54) is 0 Å². The minimum atomic E-state index is -0.769. The highest BCUT2D eigenvalue weighted by atomic mass is 16.3. The molecule has 2 amide bonds. The first-order valence-electron chi connectivity index (χ1n) is 14.4. The van der Waals surface area contributed by atoms with Crippen molar-refractivity contribution in [2.24, 2.45) is 11.5 Å². The molecule has 0 saturated heterocycles. The molecule has 1 atom stereocenters. The molecule has 0 radical (unpaired) electrons. The van der Waals surface area contributed by atoms with E-state index in [1.807, 2.05) is 66.7 Å². The van der Waals surface area contributed by atoms with Crippen molar-refractivity contribution in [1.29, 1.82) is 0 Å². The molecule has 0 aromatic heterocycles. The molecule has 0 aliphatic heterocycles. The fourth-order valence-electron chi connectivity index (χ4n) is 5.33. The second-order valence-electron chi connectivity index (χ2n) is 10.6. The van der Waals surface area contributed by atoms with Crippen LogP contribution in [-0.4, -0.2) is 41.0 Å². The largest absolute Gasteiger partial charge is 0.508 e. The normalized spacial score (nSPS) is 11.7. The number of carbonyl (C=O) groups is 2. The Morgan fingerprint density at radius 3 is 2.33 bits per heavy atom. The highest BCUT2D eigenvalue weighted by Crippen LogP contribution is 2.27. The summed E-state index contributed by atoms with van der Waals surface area (Å²) in [5.41, 5.74) is 17.2. The van der Waals surface area contributed by atoms with Gasteiger partial charge in [-0.05, 0) is 69.3 Å². The minimum absolute atomic E-state index is 0.166. The van der Waals surface area contributed by atoms with Crippen LogP contribution in [0, 0.1) is 0 Å². The summed E-state index contributed by atoms with van der Waals surface area (Å²) in [4.78, 5) is 28.6. The van der Waals surface area contributed by atoms with Crippen molar-refractivity contribution in [1.82, 2.24) is 10.2 Å². The lowest BCUT2D eigenvalue weighted by Crippen LogP contribution is -2.44. The number of aromatic hydroxyl groups is 1. The average Bonchev–Trinajstić information content (AvgIpc) is 3.04. The standard InChI is InChI=1S/C36H36N4O3/c37-19-20-39-35(42)33-14-4-3-13-32(33)28-10-5-7-26(21-28)23-40(24-29-11-6-9-27-8-1-2-12-31(27)29)36(43)34(38)22-25-15-17-30(41)18-16-25/h1-18,21,34,41H,19-20,22-24,37-38H2,(H,39,42)/t34-/m0/s1. The van der Waals surface area contributed by atoms with E-state index in [0.29, 0.717) is 38.2 Å². The van der Waals surface area contributed by atoms with Crippen LogP contribution < -0.4 is 16.8 Å². The molecule has 7 nitrogen and oxygen atoms in total. The van der Waals surface area contributed by atoms with E-state index in [4.69, 9.17) is 11.5 Å². The molecular formula is C36H36N4O3. The molecule has 5 aromatic rings. The summed E-state index contributed by atoms with van der Waals surface area (Å²) in [6, 6.07) is 35.6. The molecule has 5 rings (SSSR count). The third-order valence-corrected chi connectivity index (χ3v) is 7.47. The highest BCUT2D eigenvalue weighted by Gasteiger charge is 2.23. The van der Waals surface area contributed by atoms with Gasteiger partial charge in [0.05, 0.1) is 6.04 Å². The zero-order valence-corrected chi connectivity index (χ0v) is 23.9. The fraction of sp³-hybridized carbons (Fsp3) is 0.167. The van der Waals surface area contributed by atoms with Gasteiger partial charge in [0.2, 0.25) is 5.91 Å². The van der Waals surface area contributed by atoms with Gasteiger partial charge in [-0.1, -0.05) is 91.0 Å². The molecule has 6 N–H and O–H groups in total. The number of hydrogen-bond acceptors (Lipinski definition) is 5. The van der Waals surface area contributed by atoms with E-state index in [2.05, 4.69) is 23.5 Å². The molecule has 0 fully saturated rings. The van der Waals surface area contributed by atoms with Crippen LogP contribution in [0.2, 0.25) is 0 Å². The van der Waals surface area contributed by atoms with Crippen molar-refractivity contribution in [3.63, 3.8) is 0 Å². The molecule has 0 unspecified atom stereocenters. The Morgan fingerprint density at radius 2 is 1.51 bits per heavy atom. The number of benzene rings is 5. The Kier molecular flexibility index (Phi) is 9.46. The van der Waals surface area contributed by atoms with Crippen molar-refractivity contribution < 1.29 is 14.7 Å². The molecule has 0 spiro atoms. The first kappa shape index (κ1) is 29.5. The third kappa shape index (κ3) is 7.27. The monoisotopic (exact) mass is 572 g/mol. The van der Waals surface area contributed by atoms with Crippen LogP contribution in [0.15, 0.2) is 115 Å². The van der Waals surface area contributed by atoms with Gasteiger partial charge in [-0.3, -0.25) is 9.59 Å². The first-order chi connectivity index (χ1) is 20.9. The number of nitrogens with one attached hydrogen (secondary N) is 1. The van der Waals surface area contributed by atoms with Crippen LogP contribution in [0.5, 0.6) is 5.75 Å². The maximum atomic E-state index is 13.9. The Balaban J connectivity index is 1.46. The lowest BCUT2D eigenvalue weighted by Gasteiger charge is -2.27. The van der Waals surface area contributed by atoms with Gasteiger partial charge in [0.25, 0.3) is 5.91 Å². The zero-order valence-electron chi connectivity index (χ0n) is 23.9. The highest BCUT2D eigenvalue weighted by molar-refractivity contribution is 6.01. The Morgan fingerprint density at radius 1 is 0.791 bits per heavy atom. The van der Waals surface area contributed by atoms with E-state index in [-0.39, 0.29) is 17.6 Å². The fourth-order valence-corrected chi connectivity index (χ4v) is 5.33. The third-order valence-electron chi connectivity index (χ3n) is 7.47. The molecular weight excluding hydrogens is 536 g/mol. The minimum Gasteiger partial charge on any atom is -0.508 e. The number of nitrogens with zero attached hydrogens (tertiary/aromatic N) is 1. The molecule has 0 bridgehead atoms. The number of fused-ring (bicyclic) bond motifs is 1. The molecule has 7 heteroatoms. The van der Waals surface area contributed by atoms with Gasteiger partial charge in [-0.15, -0.1) is 0 Å². The van der Waals surface area contributed by atoms with Crippen LogP contribution >= 0.6 is 0 Å². The Bertz CT molecular complexity index is 1710. The van der Waals surface area contributed by atoms with Crippen LogP contribution in [0.4, 0.5) is 0 Å². The van der Waals surface area contributed by atoms with E-state index in [0.717, 1.165) is 38.6 Å². The molecule has 0 saturated carbocycles. The maximum absolute atomic E-state index is 13.9. The van der Waals surface area contributed by atoms with Crippen LogP contribution in [0.3, 0.4) is 0 Å². The SMILES string of the molecule is NCCNC(=O)c1ccccc1-c1cccc(CN(Cc2cccc3ccccc23)C(=O)[C@@H](N)Cc2ccc(O)cc2)c1. The summed E-state index contributed by atoms with van der Waals surface area (Å²) < 4.78 is 0. The molecule has 0 heterocycles. The first-order valence-corrected chi connectivity index (χ1v) is 14.4. The predicted molar refractivity (Wildman–Crippen MR) is 171 cm³/mol. The molecule has 0 aliphatic rings. The summed E-state index contributed by atoms with van der Waals surface area (Å²) in [7, 11) is 0. The molecule has 0 aliphatic carbocycles. The van der Waals surface area contributed by atoms with E-state index < -0.39 is 6.04 Å². The Hall–Kier alpha value is -4.98. The van der Waals surface area contributed by atoms with Crippen molar-refractivity contribution in [3.05, 3.63) is 138 Å². The van der Waals surface area contributed by atoms with Crippen LogP contribution in [0.1, 0.15) is 27.0 Å². The summed E-state index contributed by atoms with van der Waals surface area (Å²) >= 11 is 0. The van der Waals surface area contributed by atoms with Gasteiger partial charge in [-0.2, -0.15) is 0 Å². The van der Waals surface area contributed by atoms with Crippen molar-refractivity contribution in [3.8, 4) is 16.9 Å². The van der Waals surface area contributed by atoms with E-state index in [1.54, 1.807) is 35.2 Å². The predicted octanol–water partition coefficient (Wildman–Crippen LogP) is 5.00. The number of hydrogen-bond donors (Lipinski definition) is 4. The van der Waals surface area contributed by atoms with Crippen molar-refractivity contribution >= 4 is 22.6 Å². The second kappa shape index (κ2) is 13.8. The smallest absolute Gasteiger partial charge is 0.251 e. The van der Waals surface area contributed by atoms with Gasteiger partial charge in [0.15, 0.2) is 0 Å². The number of carbonyl (C=O) groups excluding carboxylic acids is 2. The Labute approximate surface area is 251 Å². The molecule has 43 heavy (non-hydrogen) atoms. The molecule has 218 valence electrons. The summed E-state index contributed by atoms with van der Waals surface area (Å²) in [6.45, 7) is 1.47. The topological polar surface area (TPSA) is 122 Å². The van der Waals surface area contributed by atoms with Crippen LogP contribution in [-0.2, 0) is 24.3 Å². The average molecular weight is 573 g/mol. The zero-order chi connectivity index (χ0) is 30.2. The van der Waals surface area contributed by atoms with Gasteiger partial charge >= 0.3 is 0 Å². The molecule has 5 aromatic carbocycles. The number of amides is 2. The van der Waals surface area contributed by atoms with Gasteiger partial charge < -0.3 is 26.8 Å². The van der Waals surface area contributed by atoms with E-state index in [9.17, 15) is 14.7 Å². The lowest BCUT2D eigenvalue weighted by molar-refractivity contribution is -0.133. The second-order valence-corrected chi connectivity index (χ2v) is 10.6. The number of phenolic OH excluding ortho intramolecular Hbond substituents is 1. The number of phenols is 1. The van der Waals surface area contributed by atoms with Crippen molar-refractivity contribution in [2.45, 2.75) is 25.6 Å². The summed E-state index contributed by atoms with van der Waals surface area (Å²) in [5.74, 6) is -0.188. The lowest BCUT2D eigenvalue weighted by atomic mass is 9.97. The maximum Gasteiger partial charge on any atom is 0.251 e. The summed E-state index contributed by atoms with van der Waals surface area (Å²) in [6.07, 6.45) is 0.344. The van der Waals surface area contributed by atoms with Crippen molar-refractivity contribution in [2.75, 3.05) is 13.1 Å². The van der Waals surface area contributed by atoms with Crippen LogP contribution in [0.25, 0.3) is 21.9 Å². The summed E-state index contributed by atoms with van der Waals surface area (Å²) in [5, 5.41) is 14.7. The van der Waals surface area contributed by atoms with Gasteiger partial charge in [0.1, 0.15) is 5.75 Å². The van der Waals surface area contributed by atoms with E-state index >= 15 is 0 Å².